The second-order valence-corrected chi connectivity index (χ2v) is 11.8. The van der Waals surface area contributed by atoms with Gasteiger partial charge in [-0.05, 0) is 51.4 Å². The predicted molar refractivity (Wildman–Crippen MR) is 154 cm³/mol. The fourth-order valence-corrected chi connectivity index (χ4v) is 5.46. The van der Waals surface area contributed by atoms with Crippen molar-refractivity contribution in [3.8, 4) is 0 Å². The first-order chi connectivity index (χ1) is 18.3. The molecule has 2 saturated heterocycles. The fraction of sp³-hybridized carbons (Fsp3) is 0.581. The number of carbonyl (C=O) groups excluding carboxylic acids is 1. The van der Waals surface area contributed by atoms with Gasteiger partial charge in [0, 0.05) is 71.5 Å². The maximum absolute atomic E-state index is 12.6. The first kappa shape index (κ1) is 28.6. The van der Waals surface area contributed by atoms with E-state index in [0.29, 0.717) is 6.54 Å². The summed E-state index contributed by atoms with van der Waals surface area (Å²) in [6, 6.07) is 21.8. The number of ether oxygens (including phenoxy) is 1. The van der Waals surface area contributed by atoms with Crippen LogP contribution in [0, 0.1) is 0 Å². The lowest BCUT2D eigenvalue weighted by atomic mass is 10.1. The summed E-state index contributed by atoms with van der Waals surface area (Å²) in [4.78, 5) is 23.0. The van der Waals surface area contributed by atoms with E-state index < -0.39 is 5.60 Å². The number of benzene rings is 2. The van der Waals surface area contributed by atoms with Gasteiger partial charge < -0.3 is 15.0 Å². The molecular weight excluding hydrogens is 474 g/mol. The van der Waals surface area contributed by atoms with E-state index in [1.54, 1.807) is 0 Å². The molecule has 7 heteroatoms. The van der Waals surface area contributed by atoms with Gasteiger partial charge in [-0.3, -0.25) is 14.7 Å². The summed E-state index contributed by atoms with van der Waals surface area (Å²) in [5.41, 5.74) is 2.20. The van der Waals surface area contributed by atoms with Crippen LogP contribution in [-0.2, 0) is 17.8 Å². The number of hydrogen-bond acceptors (Lipinski definition) is 6. The highest BCUT2D eigenvalue weighted by molar-refractivity contribution is 5.67. The van der Waals surface area contributed by atoms with Crippen LogP contribution in [0.25, 0.3) is 0 Å². The summed E-state index contributed by atoms with van der Waals surface area (Å²) in [5, 5.41) is 3.10. The molecule has 0 saturated carbocycles. The second-order valence-electron chi connectivity index (χ2n) is 11.8. The van der Waals surface area contributed by atoms with Gasteiger partial charge in [-0.2, -0.15) is 0 Å². The number of fused-ring (bicyclic) bond motifs is 3. The van der Waals surface area contributed by atoms with Gasteiger partial charge in [0.25, 0.3) is 0 Å². The Labute approximate surface area is 229 Å². The molecule has 4 rings (SSSR count). The molecule has 2 aliphatic heterocycles. The van der Waals surface area contributed by atoms with Crippen molar-refractivity contribution in [2.45, 2.75) is 51.9 Å². The quantitative estimate of drug-likeness (QED) is 0.622. The third kappa shape index (κ3) is 9.70. The van der Waals surface area contributed by atoms with E-state index in [0.717, 1.165) is 72.0 Å². The number of nitrogens with one attached hydrogen (secondary N) is 1. The number of nitrogens with zero attached hydrogens (tertiary/aromatic N) is 4. The van der Waals surface area contributed by atoms with Crippen LogP contribution in [0.1, 0.15) is 38.3 Å². The Hall–Kier alpha value is -2.45. The van der Waals surface area contributed by atoms with Crippen molar-refractivity contribution < 1.29 is 9.53 Å². The van der Waals surface area contributed by atoms with Crippen molar-refractivity contribution in [2.24, 2.45) is 0 Å². The van der Waals surface area contributed by atoms with Crippen LogP contribution in [0.5, 0.6) is 0 Å². The van der Waals surface area contributed by atoms with Crippen LogP contribution in [-0.4, -0.2) is 103 Å². The zero-order valence-electron chi connectivity index (χ0n) is 23.6. The van der Waals surface area contributed by atoms with Crippen molar-refractivity contribution in [3.63, 3.8) is 0 Å². The Bertz CT molecular complexity index is 965. The highest BCUT2D eigenvalue weighted by atomic mass is 16.6. The Kier molecular flexibility index (Phi) is 10.6. The van der Waals surface area contributed by atoms with E-state index in [1.165, 1.54) is 17.5 Å². The molecule has 2 aromatic rings. The molecule has 208 valence electrons. The molecule has 3 unspecified atom stereocenters. The van der Waals surface area contributed by atoms with E-state index in [2.05, 4.69) is 85.6 Å². The molecule has 3 atom stereocenters. The normalized spacial score (nSPS) is 24.1. The van der Waals surface area contributed by atoms with Gasteiger partial charge in [-0.15, -0.1) is 0 Å². The molecule has 2 aromatic carbocycles. The first-order valence-corrected chi connectivity index (χ1v) is 14.3. The van der Waals surface area contributed by atoms with E-state index in [9.17, 15) is 4.79 Å². The summed E-state index contributed by atoms with van der Waals surface area (Å²) in [6.45, 7) is 17.6. The van der Waals surface area contributed by atoms with E-state index in [1.807, 2.05) is 20.8 Å². The van der Waals surface area contributed by atoms with Crippen molar-refractivity contribution in [3.05, 3.63) is 71.8 Å². The monoisotopic (exact) mass is 521 g/mol. The molecule has 0 aromatic heterocycles. The topological polar surface area (TPSA) is 51.3 Å². The average Bonchev–Trinajstić information content (AvgIpc) is 2.97. The average molecular weight is 522 g/mol. The maximum atomic E-state index is 12.6. The van der Waals surface area contributed by atoms with Gasteiger partial charge in [0.15, 0.2) is 0 Å². The molecule has 0 spiro atoms. The third-order valence-corrected chi connectivity index (χ3v) is 7.45. The SMILES string of the molecule is CC(C)(C)OC(=O)NCC1CN(Cc2ccccc2)CCN2CCCN(Cc3ccccc3)CCN1CC2. The van der Waals surface area contributed by atoms with Crippen LogP contribution in [0.4, 0.5) is 4.79 Å². The third-order valence-electron chi connectivity index (χ3n) is 7.45. The zero-order valence-corrected chi connectivity index (χ0v) is 23.6. The molecule has 0 aliphatic carbocycles. The number of carbonyl (C=O) groups is 1. The van der Waals surface area contributed by atoms with Crippen LogP contribution in [0.15, 0.2) is 60.7 Å². The molecule has 2 heterocycles. The molecule has 38 heavy (non-hydrogen) atoms. The lowest BCUT2D eigenvalue weighted by Crippen LogP contribution is -2.53. The lowest BCUT2D eigenvalue weighted by Gasteiger charge is -2.37. The fourth-order valence-electron chi connectivity index (χ4n) is 5.46. The van der Waals surface area contributed by atoms with Gasteiger partial charge >= 0.3 is 6.09 Å². The van der Waals surface area contributed by atoms with Crippen molar-refractivity contribution in [2.75, 3.05) is 65.4 Å². The van der Waals surface area contributed by atoms with E-state index in [4.69, 9.17) is 4.74 Å². The largest absolute Gasteiger partial charge is 0.444 e. The maximum Gasteiger partial charge on any atom is 0.407 e. The Morgan fingerprint density at radius 2 is 1.37 bits per heavy atom. The minimum atomic E-state index is -0.503. The highest BCUT2D eigenvalue weighted by Gasteiger charge is 2.27. The number of hydrogen-bond donors (Lipinski definition) is 1. The molecule has 2 aliphatic rings. The summed E-state index contributed by atoms with van der Waals surface area (Å²) < 4.78 is 5.58. The Morgan fingerprint density at radius 3 is 2.03 bits per heavy atom. The predicted octanol–water partition coefficient (Wildman–Crippen LogP) is 3.91. The van der Waals surface area contributed by atoms with Crippen molar-refractivity contribution in [1.29, 1.82) is 0 Å². The number of rotatable bonds is 6. The van der Waals surface area contributed by atoms with Crippen molar-refractivity contribution >= 4 is 6.09 Å². The minimum absolute atomic E-state index is 0.212. The summed E-state index contributed by atoms with van der Waals surface area (Å²) in [6.07, 6.45) is 0.857. The molecular formula is C31H47N5O2. The van der Waals surface area contributed by atoms with Crippen LogP contribution in [0.3, 0.4) is 0 Å². The number of amides is 1. The summed E-state index contributed by atoms with van der Waals surface area (Å²) in [7, 11) is 0. The second kappa shape index (κ2) is 14.1. The standard InChI is InChI=1S/C31H47N5O2/c1-31(2,3)38-30(37)32-23-29-26-35(25-28-13-8-5-9-14-28)18-17-33-15-10-16-34(20-22-36(29)21-19-33)24-27-11-6-4-7-12-27/h4-9,11-14,29H,10,15-26H2,1-3H3,(H,32,37). The van der Waals surface area contributed by atoms with Gasteiger partial charge in [0.1, 0.15) is 5.60 Å². The number of alkyl carbamates (subject to hydrolysis) is 1. The highest BCUT2D eigenvalue weighted by Crippen LogP contribution is 2.15. The van der Waals surface area contributed by atoms with Crippen LogP contribution < -0.4 is 5.32 Å². The molecule has 7 nitrogen and oxygen atoms in total. The first-order valence-electron chi connectivity index (χ1n) is 14.3. The Morgan fingerprint density at radius 1 is 0.789 bits per heavy atom. The Balaban J connectivity index is 1.50. The van der Waals surface area contributed by atoms with Gasteiger partial charge in [-0.1, -0.05) is 60.7 Å². The smallest absolute Gasteiger partial charge is 0.407 e. The van der Waals surface area contributed by atoms with Gasteiger partial charge in [0.2, 0.25) is 0 Å². The molecule has 1 amide bonds. The zero-order chi connectivity index (χ0) is 26.8. The van der Waals surface area contributed by atoms with Gasteiger partial charge in [-0.25, -0.2) is 4.79 Å². The molecule has 0 radical (unpaired) electrons. The molecule has 1 N–H and O–H groups in total. The molecule has 2 fully saturated rings. The van der Waals surface area contributed by atoms with Gasteiger partial charge in [0.05, 0.1) is 0 Å². The minimum Gasteiger partial charge on any atom is -0.444 e. The van der Waals surface area contributed by atoms with E-state index >= 15 is 0 Å². The van der Waals surface area contributed by atoms with Crippen LogP contribution in [0.2, 0.25) is 0 Å². The van der Waals surface area contributed by atoms with Crippen LogP contribution >= 0.6 is 0 Å². The summed E-state index contributed by atoms with van der Waals surface area (Å²) >= 11 is 0. The lowest BCUT2D eigenvalue weighted by molar-refractivity contribution is 0.0490. The van der Waals surface area contributed by atoms with E-state index in [-0.39, 0.29) is 12.1 Å². The molecule has 2 bridgehead atoms. The van der Waals surface area contributed by atoms with Crippen molar-refractivity contribution in [1.82, 2.24) is 24.9 Å². The summed E-state index contributed by atoms with van der Waals surface area (Å²) in [5.74, 6) is 0.